The van der Waals surface area contributed by atoms with Crippen molar-refractivity contribution in [3.63, 3.8) is 0 Å². The first-order valence-corrected chi connectivity index (χ1v) is 7.66. The fourth-order valence-electron chi connectivity index (χ4n) is 1.01. The highest BCUT2D eigenvalue weighted by Crippen LogP contribution is 2.25. The molecule has 0 radical (unpaired) electrons. The minimum Gasteiger partial charge on any atom is -0.492 e. The Labute approximate surface area is 106 Å². The van der Waals surface area contributed by atoms with Crippen LogP contribution in [0.4, 0.5) is 4.39 Å². The summed E-state index contributed by atoms with van der Waals surface area (Å²) in [6, 6.07) is 4.00. The van der Waals surface area contributed by atoms with E-state index in [0.29, 0.717) is 10.2 Å². The smallest absolute Gasteiger partial charge is 0.232 e. The summed E-state index contributed by atoms with van der Waals surface area (Å²) in [4.78, 5) is 0. The van der Waals surface area contributed by atoms with E-state index in [9.17, 15) is 12.8 Å². The second kappa shape index (κ2) is 5.84. The number of rotatable bonds is 5. The number of ether oxygens (including phenoxy) is 1. The van der Waals surface area contributed by atoms with Crippen LogP contribution in [0.1, 0.15) is 6.42 Å². The van der Waals surface area contributed by atoms with Crippen molar-refractivity contribution in [3.05, 3.63) is 28.5 Å². The molecule has 0 saturated carbocycles. The van der Waals surface area contributed by atoms with Crippen LogP contribution in [0.5, 0.6) is 5.75 Å². The van der Waals surface area contributed by atoms with Gasteiger partial charge in [0.1, 0.15) is 11.6 Å². The van der Waals surface area contributed by atoms with Crippen LogP contribution < -0.4 is 4.74 Å². The molecule has 0 aliphatic heterocycles. The van der Waals surface area contributed by atoms with Crippen LogP contribution in [0.2, 0.25) is 0 Å². The van der Waals surface area contributed by atoms with Crippen LogP contribution in [0.15, 0.2) is 22.7 Å². The second-order valence-electron chi connectivity index (χ2n) is 3.02. The van der Waals surface area contributed by atoms with E-state index in [1.807, 2.05) is 0 Å². The number of hydrogen-bond donors (Lipinski definition) is 0. The van der Waals surface area contributed by atoms with E-state index < -0.39 is 9.05 Å². The van der Waals surface area contributed by atoms with Gasteiger partial charge in [0.2, 0.25) is 9.05 Å². The van der Waals surface area contributed by atoms with Crippen molar-refractivity contribution in [2.45, 2.75) is 6.42 Å². The zero-order chi connectivity index (χ0) is 12.2. The summed E-state index contributed by atoms with van der Waals surface area (Å²) in [5.41, 5.74) is 0. The van der Waals surface area contributed by atoms with Crippen molar-refractivity contribution in [1.82, 2.24) is 0 Å². The predicted octanol–water partition coefficient (Wildman–Crippen LogP) is 2.93. The zero-order valence-electron chi connectivity index (χ0n) is 8.12. The first kappa shape index (κ1) is 13.7. The molecule has 0 saturated heterocycles. The summed E-state index contributed by atoms with van der Waals surface area (Å²) in [6.45, 7) is 0.205. The van der Waals surface area contributed by atoms with Gasteiger partial charge >= 0.3 is 0 Å². The molecule has 1 aromatic carbocycles. The van der Waals surface area contributed by atoms with Gasteiger partial charge in [0, 0.05) is 10.7 Å². The van der Waals surface area contributed by atoms with Gasteiger partial charge in [-0.25, -0.2) is 12.8 Å². The van der Waals surface area contributed by atoms with Gasteiger partial charge in [-0.2, -0.15) is 0 Å². The average molecular weight is 332 g/mol. The minimum absolute atomic E-state index is 0.145. The molecule has 1 aromatic rings. The second-order valence-corrected chi connectivity index (χ2v) is 6.77. The van der Waals surface area contributed by atoms with Crippen molar-refractivity contribution in [3.8, 4) is 5.75 Å². The van der Waals surface area contributed by atoms with E-state index in [2.05, 4.69) is 15.9 Å². The van der Waals surface area contributed by atoms with Gasteiger partial charge < -0.3 is 4.74 Å². The molecule has 1 rings (SSSR count). The summed E-state index contributed by atoms with van der Waals surface area (Å²) in [6.07, 6.45) is 0.287. The molecular formula is C9H9BrClFO3S. The van der Waals surface area contributed by atoms with Crippen molar-refractivity contribution in [2.24, 2.45) is 0 Å². The third kappa shape index (κ3) is 5.14. The maximum Gasteiger partial charge on any atom is 0.232 e. The first-order chi connectivity index (χ1) is 7.38. The molecule has 0 aromatic heterocycles. The Balaban J connectivity index is 2.43. The molecule has 0 bridgehead atoms. The van der Waals surface area contributed by atoms with Gasteiger partial charge in [0.15, 0.2) is 0 Å². The first-order valence-electron chi connectivity index (χ1n) is 4.39. The van der Waals surface area contributed by atoms with E-state index in [-0.39, 0.29) is 24.6 Å². The fourth-order valence-corrected chi connectivity index (χ4v) is 2.26. The Morgan fingerprint density at radius 2 is 2.12 bits per heavy atom. The highest BCUT2D eigenvalue weighted by molar-refractivity contribution is 9.10. The van der Waals surface area contributed by atoms with Gasteiger partial charge in [-0.15, -0.1) is 0 Å². The molecule has 0 spiro atoms. The normalized spacial score (nSPS) is 11.4. The lowest BCUT2D eigenvalue weighted by Gasteiger charge is -2.07. The highest BCUT2D eigenvalue weighted by Gasteiger charge is 2.06. The zero-order valence-corrected chi connectivity index (χ0v) is 11.3. The Bertz CT molecular complexity index is 464. The molecular weight excluding hydrogens is 323 g/mol. The Kier molecular flexibility index (Phi) is 5.01. The van der Waals surface area contributed by atoms with Crippen LogP contribution in [0.3, 0.4) is 0 Å². The topological polar surface area (TPSA) is 43.4 Å². The van der Waals surface area contributed by atoms with E-state index >= 15 is 0 Å². The van der Waals surface area contributed by atoms with Crippen LogP contribution in [-0.2, 0) is 9.05 Å². The average Bonchev–Trinajstić information content (AvgIpc) is 2.13. The summed E-state index contributed by atoms with van der Waals surface area (Å²) >= 11 is 3.13. The molecule has 0 fully saturated rings. The van der Waals surface area contributed by atoms with Gasteiger partial charge in [0.25, 0.3) is 0 Å². The third-order valence-electron chi connectivity index (χ3n) is 1.68. The summed E-state index contributed by atoms with van der Waals surface area (Å²) in [7, 11) is 1.55. The van der Waals surface area contributed by atoms with Crippen LogP contribution in [0, 0.1) is 5.82 Å². The Morgan fingerprint density at radius 1 is 1.44 bits per heavy atom. The number of benzene rings is 1. The Hall–Kier alpha value is -0.330. The van der Waals surface area contributed by atoms with Crippen LogP contribution in [-0.4, -0.2) is 20.8 Å². The molecule has 0 aliphatic rings. The van der Waals surface area contributed by atoms with E-state index in [1.54, 1.807) is 0 Å². The lowest BCUT2D eigenvalue weighted by atomic mass is 10.3. The standard InChI is InChI=1S/C9H9BrClFO3S/c10-8-6-7(12)2-3-9(8)15-4-1-5-16(11,13)14/h2-3,6H,1,4-5H2. The summed E-state index contributed by atoms with van der Waals surface area (Å²) in [5, 5.41) is 0. The van der Waals surface area contributed by atoms with Gasteiger partial charge in [-0.3, -0.25) is 0 Å². The van der Waals surface area contributed by atoms with Crippen molar-refractivity contribution < 1.29 is 17.5 Å². The molecule has 0 aliphatic carbocycles. The SMILES string of the molecule is O=S(=O)(Cl)CCCOc1ccc(F)cc1Br. The van der Waals surface area contributed by atoms with Crippen molar-refractivity contribution in [1.29, 1.82) is 0 Å². The predicted molar refractivity (Wildman–Crippen MR) is 63.9 cm³/mol. The number of hydrogen-bond acceptors (Lipinski definition) is 3. The van der Waals surface area contributed by atoms with Gasteiger partial charge in [0.05, 0.1) is 16.8 Å². The van der Waals surface area contributed by atoms with Gasteiger partial charge in [-0.1, -0.05) is 0 Å². The third-order valence-corrected chi connectivity index (χ3v) is 3.54. The van der Waals surface area contributed by atoms with E-state index in [4.69, 9.17) is 15.4 Å². The molecule has 0 N–H and O–H groups in total. The molecule has 0 atom stereocenters. The largest absolute Gasteiger partial charge is 0.492 e. The minimum atomic E-state index is -3.47. The maximum atomic E-state index is 12.7. The van der Waals surface area contributed by atoms with Gasteiger partial charge in [-0.05, 0) is 40.5 Å². The summed E-state index contributed by atoms with van der Waals surface area (Å²) in [5.74, 6) is -0.0520. The van der Waals surface area contributed by atoms with Crippen molar-refractivity contribution in [2.75, 3.05) is 12.4 Å². The molecule has 0 heterocycles. The lowest BCUT2D eigenvalue weighted by molar-refractivity contribution is 0.315. The fraction of sp³-hybridized carbons (Fsp3) is 0.333. The molecule has 7 heteroatoms. The lowest BCUT2D eigenvalue weighted by Crippen LogP contribution is -2.05. The van der Waals surface area contributed by atoms with Crippen molar-refractivity contribution >= 4 is 35.7 Å². The van der Waals surface area contributed by atoms with Crippen LogP contribution >= 0.6 is 26.6 Å². The Morgan fingerprint density at radius 3 is 2.69 bits per heavy atom. The molecule has 0 unspecified atom stereocenters. The molecule has 0 amide bonds. The maximum absolute atomic E-state index is 12.7. The van der Waals surface area contributed by atoms with E-state index in [0.717, 1.165) is 0 Å². The molecule has 16 heavy (non-hydrogen) atoms. The van der Waals surface area contributed by atoms with E-state index in [1.165, 1.54) is 18.2 Å². The molecule has 3 nitrogen and oxygen atoms in total. The summed E-state index contributed by atoms with van der Waals surface area (Å²) < 4.78 is 39.7. The van der Waals surface area contributed by atoms with Crippen LogP contribution in [0.25, 0.3) is 0 Å². The number of halogens is 3. The highest BCUT2D eigenvalue weighted by atomic mass is 79.9. The monoisotopic (exact) mass is 330 g/mol. The quantitative estimate of drug-likeness (QED) is 0.615. The molecule has 90 valence electrons.